The van der Waals surface area contributed by atoms with E-state index in [1.807, 2.05) is 25.1 Å². The number of halogens is 4. The van der Waals surface area contributed by atoms with Crippen molar-refractivity contribution < 1.29 is 32.5 Å². The first kappa shape index (κ1) is 24.5. The molecule has 0 atom stereocenters. The van der Waals surface area contributed by atoms with E-state index in [9.17, 15) is 13.2 Å². The van der Waals surface area contributed by atoms with Gasteiger partial charge in [-0.15, -0.1) is 0 Å². The number of carbonyl (C=O) groups is 1. The second-order valence-corrected chi connectivity index (χ2v) is 6.34. The number of alkyl halides is 3. The number of aryl methyl sites for hydroxylation is 1. The number of ether oxygens (including phenoxy) is 2. The monoisotopic (exact) mass is 434 g/mol. The van der Waals surface area contributed by atoms with E-state index in [1.54, 1.807) is 20.4 Å². The van der Waals surface area contributed by atoms with E-state index < -0.39 is 12.1 Å². The zero-order valence-corrected chi connectivity index (χ0v) is 16.9. The van der Waals surface area contributed by atoms with Crippen molar-refractivity contribution >= 4 is 17.6 Å². The molecule has 6 nitrogen and oxygen atoms in total. The van der Waals surface area contributed by atoms with Crippen LogP contribution in [-0.2, 0) is 17.8 Å². The summed E-state index contributed by atoms with van der Waals surface area (Å²) in [5.74, 6) is -1.38. The lowest BCUT2D eigenvalue weighted by Gasteiger charge is -2.11. The standard InChI is InChI=1S/C17H21ClN2O2.C2HF3O2/c1-12-6-13(8-15(18)7-12)10-19-5-4-14-9-17(22-3)20-11-16(14)21-2;3-2(4,5)1(6)7/h6-9,11,19H,4-5,10H2,1-3H3;(H,6,7). The van der Waals surface area contributed by atoms with Crippen LogP contribution in [-0.4, -0.2) is 43.0 Å². The predicted molar refractivity (Wildman–Crippen MR) is 103 cm³/mol. The number of rotatable bonds is 7. The summed E-state index contributed by atoms with van der Waals surface area (Å²) in [6.45, 7) is 3.66. The van der Waals surface area contributed by atoms with Crippen LogP contribution >= 0.6 is 11.6 Å². The fraction of sp³-hybridized carbons (Fsp3) is 0.368. The van der Waals surface area contributed by atoms with Gasteiger partial charge in [0.1, 0.15) is 5.75 Å². The molecule has 0 fully saturated rings. The summed E-state index contributed by atoms with van der Waals surface area (Å²) >= 11 is 6.07. The summed E-state index contributed by atoms with van der Waals surface area (Å²) in [4.78, 5) is 13.0. The molecule has 0 saturated heterocycles. The summed E-state index contributed by atoms with van der Waals surface area (Å²) in [5, 5.41) is 11.3. The predicted octanol–water partition coefficient (Wildman–Crippen LogP) is 4.03. The van der Waals surface area contributed by atoms with Gasteiger partial charge in [-0.2, -0.15) is 13.2 Å². The number of hydrogen-bond acceptors (Lipinski definition) is 5. The normalized spacial score (nSPS) is 10.7. The van der Waals surface area contributed by atoms with E-state index in [4.69, 9.17) is 31.0 Å². The van der Waals surface area contributed by atoms with Gasteiger partial charge in [0.2, 0.25) is 5.88 Å². The second-order valence-electron chi connectivity index (χ2n) is 5.91. The van der Waals surface area contributed by atoms with Crippen LogP contribution < -0.4 is 14.8 Å². The molecule has 0 saturated carbocycles. The van der Waals surface area contributed by atoms with Gasteiger partial charge in [-0.05, 0) is 43.1 Å². The molecule has 0 unspecified atom stereocenters. The molecule has 1 aromatic carbocycles. The smallest absolute Gasteiger partial charge is 0.490 e. The summed E-state index contributed by atoms with van der Waals surface area (Å²) < 4.78 is 42.2. The number of methoxy groups -OCH3 is 2. The maximum Gasteiger partial charge on any atom is 0.490 e. The number of nitrogens with zero attached hydrogens (tertiary/aromatic N) is 1. The van der Waals surface area contributed by atoms with E-state index in [1.165, 1.54) is 11.1 Å². The topological polar surface area (TPSA) is 80.7 Å². The summed E-state index contributed by atoms with van der Waals surface area (Å²) in [5.41, 5.74) is 3.43. The lowest BCUT2D eigenvalue weighted by atomic mass is 10.1. The highest BCUT2D eigenvalue weighted by Crippen LogP contribution is 2.21. The Labute approximate surface area is 171 Å². The molecule has 0 spiro atoms. The zero-order chi connectivity index (χ0) is 22.0. The van der Waals surface area contributed by atoms with E-state index in [2.05, 4.69) is 16.4 Å². The van der Waals surface area contributed by atoms with Crippen LogP contribution in [0, 0.1) is 6.92 Å². The van der Waals surface area contributed by atoms with Crippen LogP contribution in [0.25, 0.3) is 0 Å². The molecule has 10 heteroatoms. The van der Waals surface area contributed by atoms with Gasteiger partial charge in [-0.1, -0.05) is 17.7 Å². The van der Waals surface area contributed by atoms with Gasteiger partial charge in [0, 0.05) is 23.2 Å². The number of aromatic nitrogens is 1. The fourth-order valence-corrected chi connectivity index (χ4v) is 2.64. The zero-order valence-electron chi connectivity index (χ0n) is 16.1. The third-order valence-corrected chi connectivity index (χ3v) is 3.82. The van der Waals surface area contributed by atoms with Crippen molar-refractivity contribution in [1.82, 2.24) is 10.3 Å². The molecule has 0 aliphatic rings. The molecule has 0 aliphatic heterocycles. The molecule has 0 amide bonds. The number of aliphatic carboxylic acids is 1. The number of carboxylic acids is 1. The van der Waals surface area contributed by atoms with Crippen molar-refractivity contribution in [3.05, 3.63) is 52.2 Å². The lowest BCUT2D eigenvalue weighted by Crippen LogP contribution is -2.21. The van der Waals surface area contributed by atoms with Crippen molar-refractivity contribution in [2.75, 3.05) is 20.8 Å². The first-order valence-corrected chi connectivity index (χ1v) is 8.78. The number of nitrogens with one attached hydrogen (secondary N) is 1. The molecule has 1 heterocycles. The fourth-order valence-electron chi connectivity index (χ4n) is 2.32. The molecule has 0 bridgehead atoms. The molecule has 2 rings (SSSR count). The molecule has 0 radical (unpaired) electrons. The van der Waals surface area contributed by atoms with E-state index in [0.29, 0.717) is 5.88 Å². The Morgan fingerprint density at radius 3 is 2.38 bits per heavy atom. The summed E-state index contributed by atoms with van der Waals surface area (Å²) in [6, 6.07) is 7.98. The van der Waals surface area contributed by atoms with Crippen molar-refractivity contribution in [3.63, 3.8) is 0 Å². The Bertz CT molecular complexity index is 796. The summed E-state index contributed by atoms with van der Waals surface area (Å²) in [7, 11) is 3.26. The van der Waals surface area contributed by atoms with Crippen LogP contribution in [0.3, 0.4) is 0 Å². The van der Waals surface area contributed by atoms with Gasteiger partial charge in [-0.25, -0.2) is 9.78 Å². The van der Waals surface area contributed by atoms with Gasteiger partial charge in [0.05, 0.1) is 20.4 Å². The van der Waals surface area contributed by atoms with E-state index >= 15 is 0 Å². The largest absolute Gasteiger partial charge is 0.495 e. The maximum absolute atomic E-state index is 10.6. The quantitative estimate of drug-likeness (QED) is 0.640. The molecular formula is C19H22ClF3N2O4. The van der Waals surface area contributed by atoms with Gasteiger partial charge < -0.3 is 19.9 Å². The van der Waals surface area contributed by atoms with Crippen LogP contribution in [0.5, 0.6) is 11.6 Å². The average Bonchev–Trinajstić information content (AvgIpc) is 2.64. The molecule has 1 aromatic heterocycles. The van der Waals surface area contributed by atoms with Crippen LogP contribution in [0.4, 0.5) is 13.2 Å². The van der Waals surface area contributed by atoms with Gasteiger partial charge in [0.15, 0.2) is 0 Å². The van der Waals surface area contributed by atoms with Gasteiger partial charge in [0.25, 0.3) is 0 Å². The molecule has 2 aromatic rings. The van der Waals surface area contributed by atoms with Crippen LogP contribution in [0.1, 0.15) is 16.7 Å². The second kappa shape index (κ2) is 11.5. The number of pyridine rings is 1. The molecule has 2 N–H and O–H groups in total. The molecular weight excluding hydrogens is 413 g/mol. The average molecular weight is 435 g/mol. The highest BCUT2D eigenvalue weighted by Gasteiger charge is 2.38. The summed E-state index contributed by atoms with van der Waals surface area (Å²) in [6.07, 6.45) is -2.56. The lowest BCUT2D eigenvalue weighted by molar-refractivity contribution is -0.192. The van der Waals surface area contributed by atoms with E-state index in [-0.39, 0.29) is 0 Å². The highest BCUT2D eigenvalue weighted by molar-refractivity contribution is 6.30. The van der Waals surface area contributed by atoms with Gasteiger partial charge >= 0.3 is 12.1 Å². The third kappa shape index (κ3) is 9.01. The molecule has 160 valence electrons. The van der Waals surface area contributed by atoms with Crippen LogP contribution in [0.2, 0.25) is 5.02 Å². The Kier molecular flexibility index (Phi) is 9.70. The Hall–Kier alpha value is -2.52. The molecule has 29 heavy (non-hydrogen) atoms. The van der Waals surface area contributed by atoms with Crippen molar-refractivity contribution in [1.29, 1.82) is 0 Å². The van der Waals surface area contributed by atoms with Crippen molar-refractivity contribution in [2.45, 2.75) is 26.1 Å². The van der Waals surface area contributed by atoms with Gasteiger partial charge in [-0.3, -0.25) is 0 Å². The minimum atomic E-state index is -5.08. The van der Waals surface area contributed by atoms with Crippen molar-refractivity contribution in [3.8, 4) is 11.6 Å². The third-order valence-electron chi connectivity index (χ3n) is 3.60. The minimum absolute atomic E-state index is 0.598. The number of carboxylic acid groups (broad SMARTS) is 1. The minimum Gasteiger partial charge on any atom is -0.495 e. The Balaban J connectivity index is 0.000000516. The first-order valence-electron chi connectivity index (χ1n) is 8.40. The van der Waals surface area contributed by atoms with E-state index in [0.717, 1.165) is 35.8 Å². The maximum atomic E-state index is 10.6. The highest BCUT2D eigenvalue weighted by atomic mass is 35.5. The first-order chi connectivity index (χ1) is 13.6. The SMILES string of the molecule is COc1cc(CCNCc2cc(C)cc(Cl)c2)c(OC)cn1.O=C(O)C(F)(F)F. The molecule has 0 aliphatic carbocycles. The van der Waals surface area contributed by atoms with Crippen molar-refractivity contribution in [2.24, 2.45) is 0 Å². The number of hydrogen-bond donors (Lipinski definition) is 2. The number of benzene rings is 1. The van der Waals surface area contributed by atoms with Crippen LogP contribution in [0.15, 0.2) is 30.5 Å². The Morgan fingerprint density at radius 2 is 1.86 bits per heavy atom. The Morgan fingerprint density at radius 1 is 1.21 bits per heavy atom.